The molecule has 4 nitrogen and oxygen atoms in total. The van der Waals surface area contributed by atoms with Crippen LogP contribution in [0.25, 0.3) is 0 Å². The quantitative estimate of drug-likeness (QED) is 0.712. The summed E-state index contributed by atoms with van der Waals surface area (Å²) >= 11 is 0. The van der Waals surface area contributed by atoms with E-state index in [4.69, 9.17) is 0 Å². The van der Waals surface area contributed by atoms with Crippen LogP contribution in [0.3, 0.4) is 0 Å². The van der Waals surface area contributed by atoms with Gasteiger partial charge in [-0.15, -0.1) is 0 Å². The molecule has 0 bridgehead atoms. The van der Waals surface area contributed by atoms with Gasteiger partial charge in [-0.25, -0.2) is 4.98 Å². The third-order valence-corrected chi connectivity index (χ3v) is 2.79. The summed E-state index contributed by atoms with van der Waals surface area (Å²) in [7, 11) is 4.06. The van der Waals surface area contributed by atoms with Crippen molar-refractivity contribution >= 4 is 0 Å². The summed E-state index contributed by atoms with van der Waals surface area (Å²) in [6.07, 6.45) is 6.12. The molecule has 0 aliphatic rings. The number of nitrogens with zero attached hydrogens (tertiary/aromatic N) is 3. The Morgan fingerprint density at radius 1 is 1.38 bits per heavy atom. The number of nitrogens with one attached hydrogen (secondary N) is 1. The zero-order chi connectivity index (χ0) is 11.8. The van der Waals surface area contributed by atoms with Gasteiger partial charge in [0.1, 0.15) is 5.82 Å². The lowest BCUT2D eigenvalue weighted by Crippen LogP contribution is -2.33. The molecule has 0 saturated carbocycles. The highest BCUT2D eigenvalue weighted by Crippen LogP contribution is 1.99. The van der Waals surface area contributed by atoms with Gasteiger partial charge in [-0.2, -0.15) is 0 Å². The van der Waals surface area contributed by atoms with Gasteiger partial charge in [0.05, 0.1) is 0 Å². The van der Waals surface area contributed by atoms with Crippen LogP contribution in [-0.4, -0.2) is 47.7 Å². The highest BCUT2D eigenvalue weighted by atomic mass is 15.1. The Hall–Kier alpha value is -0.870. The van der Waals surface area contributed by atoms with Gasteiger partial charge in [-0.3, -0.25) is 0 Å². The van der Waals surface area contributed by atoms with Crippen LogP contribution >= 0.6 is 0 Å². The van der Waals surface area contributed by atoms with Gasteiger partial charge in [0.25, 0.3) is 0 Å². The minimum Gasteiger partial charge on any atom is -0.338 e. The van der Waals surface area contributed by atoms with Crippen LogP contribution in [0, 0.1) is 0 Å². The predicted octanol–water partition coefficient (Wildman–Crippen LogP) is 0.894. The van der Waals surface area contributed by atoms with Gasteiger partial charge in [0.15, 0.2) is 0 Å². The normalized spacial score (nSPS) is 11.2. The van der Waals surface area contributed by atoms with Crippen LogP contribution < -0.4 is 5.32 Å². The van der Waals surface area contributed by atoms with E-state index in [1.54, 1.807) is 0 Å². The average molecular weight is 224 g/mol. The van der Waals surface area contributed by atoms with E-state index in [-0.39, 0.29) is 0 Å². The summed E-state index contributed by atoms with van der Waals surface area (Å²) in [4.78, 5) is 6.84. The molecule has 0 atom stereocenters. The smallest absolute Gasteiger partial charge is 0.109 e. The number of aryl methyl sites for hydroxylation is 1. The molecule has 92 valence electrons. The van der Waals surface area contributed by atoms with Gasteiger partial charge in [-0.1, -0.05) is 6.92 Å². The first-order valence-electron chi connectivity index (χ1n) is 6.11. The summed E-state index contributed by atoms with van der Waals surface area (Å²) in [5.74, 6) is 1.17. The molecule has 0 aliphatic carbocycles. The molecule has 0 saturated heterocycles. The van der Waals surface area contributed by atoms with Gasteiger partial charge < -0.3 is 14.8 Å². The maximum Gasteiger partial charge on any atom is 0.109 e. The third kappa shape index (κ3) is 4.33. The first-order chi connectivity index (χ1) is 7.77. The van der Waals surface area contributed by atoms with Gasteiger partial charge in [-0.05, 0) is 20.0 Å². The second-order valence-electron chi connectivity index (χ2n) is 4.15. The molecule has 0 aliphatic heterocycles. The summed E-state index contributed by atoms with van der Waals surface area (Å²) in [5, 5.41) is 3.20. The Bertz CT molecular complexity index is 282. The molecule has 0 spiro atoms. The molecule has 0 unspecified atom stereocenters. The SMILES string of the molecule is CCCN(CCNC)CCc1nccn1C. The second kappa shape index (κ2) is 7.41. The average Bonchev–Trinajstić information content (AvgIpc) is 2.68. The summed E-state index contributed by atoms with van der Waals surface area (Å²) in [6, 6.07) is 0. The minimum absolute atomic E-state index is 1.03. The first-order valence-corrected chi connectivity index (χ1v) is 6.11. The zero-order valence-corrected chi connectivity index (χ0v) is 10.7. The lowest BCUT2D eigenvalue weighted by atomic mass is 10.3. The van der Waals surface area contributed by atoms with E-state index in [0.717, 1.165) is 26.1 Å². The first kappa shape index (κ1) is 13.2. The fourth-order valence-electron chi connectivity index (χ4n) is 1.82. The molecule has 0 aromatic carbocycles. The highest BCUT2D eigenvalue weighted by molar-refractivity contribution is 4.91. The number of imidazole rings is 1. The number of hydrogen-bond acceptors (Lipinski definition) is 3. The van der Waals surface area contributed by atoms with Crippen LogP contribution in [0.15, 0.2) is 12.4 Å². The van der Waals surface area contributed by atoms with Crippen molar-refractivity contribution < 1.29 is 0 Å². The van der Waals surface area contributed by atoms with E-state index >= 15 is 0 Å². The Kier molecular flexibility index (Phi) is 6.11. The van der Waals surface area contributed by atoms with Crippen LogP contribution in [0.5, 0.6) is 0 Å². The lowest BCUT2D eigenvalue weighted by Gasteiger charge is -2.21. The molecular weight excluding hydrogens is 200 g/mol. The van der Waals surface area contributed by atoms with Crippen molar-refractivity contribution in [1.29, 1.82) is 0 Å². The van der Waals surface area contributed by atoms with Gasteiger partial charge in [0.2, 0.25) is 0 Å². The van der Waals surface area contributed by atoms with Crippen LogP contribution in [0.4, 0.5) is 0 Å². The highest BCUT2D eigenvalue weighted by Gasteiger charge is 2.05. The molecule has 1 N–H and O–H groups in total. The molecule has 16 heavy (non-hydrogen) atoms. The summed E-state index contributed by atoms with van der Waals surface area (Å²) in [6.45, 7) is 6.68. The van der Waals surface area contributed by atoms with Crippen molar-refractivity contribution in [3.05, 3.63) is 18.2 Å². The molecule has 0 fully saturated rings. The van der Waals surface area contributed by atoms with E-state index in [1.807, 2.05) is 19.4 Å². The van der Waals surface area contributed by atoms with Crippen LogP contribution in [0.2, 0.25) is 0 Å². The number of rotatable bonds is 8. The number of aromatic nitrogens is 2. The molecular formula is C12H24N4. The minimum atomic E-state index is 1.03. The van der Waals surface area contributed by atoms with Gasteiger partial charge in [0, 0.05) is 45.5 Å². The van der Waals surface area contributed by atoms with Crippen molar-refractivity contribution in [1.82, 2.24) is 19.8 Å². The largest absolute Gasteiger partial charge is 0.338 e. The molecule has 0 amide bonds. The molecule has 0 radical (unpaired) electrons. The van der Waals surface area contributed by atoms with Gasteiger partial charge >= 0.3 is 0 Å². The Morgan fingerprint density at radius 3 is 2.75 bits per heavy atom. The molecule has 1 rings (SSSR count). The Labute approximate surface area is 98.7 Å². The molecule has 4 heteroatoms. The molecule has 1 aromatic heterocycles. The zero-order valence-electron chi connectivity index (χ0n) is 10.7. The molecule has 1 heterocycles. The van der Waals surface area contributed by atoms with Crippen molar-refractivity contribution in [3.8, 4) is 0 Å². The maximum absolute atomic E-state index is 4.35. The van der Waals surface area contributed by atoms with Crippen molar-refractivity contribution in [2.24, 2.45) is 7.05 Å². The Balaban J connectivity index is 2.34. The van der Waals surface area contributed by atoms with E-state index in [0.29, 0.717) is 0 Å². The third-order valence-electron chi connectivity index (χ3n) is 2.79. The van der Waals surface area contributed by atoms with Crippen molar-refractivity contribution in [2.75, 3.05) is 33.2 Å². The Morgan fingerprint density at radius 2 is 2.19 bits per heavy atom. The second-order valence-corrected chi connectivity index (χ2v) is 4.15. The predicted molar refractivity (Wildman–Crippen MR) is 67.6 cm³/mol. The lowest BCUT2D eigenvalue weighted by molar-refractivity contribution is 0.277. The topological polar surface area (TPSA) is 33.1 Å². The number of hydrogen-bond donors (Lipinski definition) is 1. The van der Waals surface area contributed by atoms with E-state index in [2.05, 4.69) is 33.7 Å². The van der Waals surface area contributed by atoms with Crippen molar-refractivity contribution in [2.45, 2.75) is 19.8 Å². The fraction of sp³-hybridized carbons (Fsp3) is 0.750. The maximum atomic E-state index is 4.35. The van der Waals surface area contributed by atoms with E-state index in [9.17, 15) is 0 Å². The van der Waals surface area contributed by atoms with E-state index in [1.165, 1.54) is 18.8 Å². The van der Waals surface area contributed by atoms with E-state index < -0.39 is 0 Å². The molecule has 1 aromatic rings. The summed E-state index contributed by atoms with van der Waals surface area (Å²) in [5.41, 5.74) is 0. The summed E-state index contributed by atoms with van der Waals surface area (Å²) < 4.78 is 2.10. The standard InChI is InChI=1S/C12H24N4/c1-4-8-16(11-6-13-2)9-5-12-14-7-10-15(12)3/h7,10,13H,4-6,8-9,11H2,1-3H3. The number of likely N-dealkylation sites (N-methyl/N-ethyl adjacent to an activating group) is 1. The monoisotopic (exact) mass is 224 g/mol. The van der Waals surface area contributed by atoms with Crippen LogP contribution in [0.1, 0.15) is 19.2 Å². The van der Waals surface area contributed by atoms with Crippen molar-refractivity contribution in [3.63, 3.8) is 0 Å². The van der Waals surface area contributed by atoms with Crippen LogP contribution in [-0.2, 0) is 13.5 Å². The fourth-order valence-corrected chi connectivity index (χ4v) is 1.82.